The van der Waals surface area contributed by atoms with Crippen molar-refractivity contribution in [3.05, 3.63) is 62.0 Å². The summed E-state index contributed by atoms with van der Waals surface area (Å²) >= 11 is 16.0. The summed E-state index contributed by atoms with van der Waals surface area (Å²) in [7, 11) is 1.65. The van der Waals surface area contributed by atoms with Crippen molar-refractivity contribution < 1.29 is 4.74 Å². The molecule has 0 heterocycles. The van der Waals surface area contributed by atoms with Crippen LogP contribution in [0.4, 0.5) is 0 Å². The summed E-state index contributed by atoms with van der Waals surface area (Å²) in [5, 5.41) is 4.81. The lowest BCUT2D eigenvalue weighted by atomic mass is 9.97. The molecule has 2 aromatic carbocycles. The third kappa shape index (κ3) is 3.92. The molecule has 2 aromatic rings. The van der Waals surface area contributed by atoms with Gasteiger partial charge in [-0.1, -0.05) is 46.1 Å². The van der Waals surface area contributed by atoms with E-state index in [-0.39, 0.29) is 6.04 Å². The second-order valence-corrected chi connectivity index (χ2v) is 6.30. The Labute approximate surface area is 143 Å². The van der Waals surface area contributed by atoms with Gasteiger partial charge in [-0.15, -0.1) is 0 Å². The molecule has 2 nitrogen and oxygen atoms in total. The molecule has 0 saturated heterocycles. The maximum Gasteiger partial charge on any atom is 0.124 e. The standard InChI is InChI=1S/C16H16BrCl2NO/c1-3-20-16(12-8-10(17)4-6-14(12)19)13-9-11(18)5-7-15(13)21-2/h4-9,16,20H,3H2,1-2H3. The molecule has 0 saturated carbocycles. The topological polar surface area (TPSA) is 21.3 Å². The van der Waals surface area contributed by atoms with Crippen LogP contribution in [0.1, 0.15) is 24.1 Å². The molecule has 0 fully saturated rings. The van der Waals surface area contributed by atoms with Gasteiger partial charge in [0.25, 0.3) is 0 Å². The highest BCUT2D eigenvalue weighted by molar-refractivity contribution is 9.10. The number of methoxy groups -OCH3 is 1. The van der Waals surface area contributed by atoms with Gasteiger partial charge in [-0.2, -0.15) is 0 Å². The Kier molecular flexibility index (Phi) is 5.94. The molecule has 0 aliphatic heterocycles. The van der Waals surface area contributed by atoms with Crippen LogP contribution in [0, 0.1) is 0 Å². The van der Waals surface area contributed by atoms with E-state index in [1.165, 1.54) is 0 Å². The summed E-state index contributed by atoms with van der Waals surface area (Å²) in [5.74, 6) is 0.779. The van der Waals surface area contributed by atoms with Gasteiger partial charge in [0, 0.05) is 20.1 Å². The lowest BCUT2D eigenvalue weighted by molar-refractivity contribution is 0.404. The number of ether oxygens (including phenoxy) is 1. The van der Waals surface area contributed by atoms with Crippen molar-refractivity contribution >= 4 is 39.1 Å². The van der Waals surface area contributed by atoms with Crippen LogP contribution < -0.4 is 10.1 Å². The first-order valence-electron chi connectivity index (χ1n) is 6.58. The van der Waals surface area contributed by atoms with E-state index in [1.807, 2.05) is 36.4 Å². The molecule has 112 valence electrons. The third-order valence-electron chi connectivity index (χ3n) is 3.18. The highest BCUT2D eigenvalue weighted by Gasteiger charge is 2.20. The van der Waals surface area contributed by atoms with Crippen molar-refractivity contribution in [3.8, 4) is 5.75 Å². The van der Waals surface area contributed by atoms with Crippen LogP contribution in [0.5, 0.6) is 5.75 Å². The molecule has 1 unspecified atom stereocenters. The quantitative estimate of drug-likeness (QED) is 0.733. The monoisotopic (exact) mass is 387 g/mol. The number of rotatable bonds is 5. The van der Waals surface area contributed by atoms with Crippen molar-refractivity contribution in [1.82, 2.24) is 5.32 Å². The molecule has 21 heavy (non-hydrogen) atoms. The molecule has 0 amide bonds. The fraction of sp³-hybridized carbons (Fsp3) is 0.250. The maximum atomic E-state index is 6.38. The number of benzene rings is 2. The first-order chi connectivity index (χ1) is 10.1. The molecule has 0 radical (unpaired) electrons. The van der Waals surface area contributed by atoms with Gasteiger partial charge in [-0.25, -0.2) is 0 Å². The molecule has 1 atom stereocenters. The lowest BCUT2D eigenvalue weighted by Gasteiger charge is -2.22. The first kappa shape index (κ1) is 16.6. The maximum absolute atomic E-state index is 6.38. The Morgan fingerprint density at radius 3 is 2.57 bits per heavy atom. The van der Waals surface area contributed by atoms with E-state index in [2.05, 4.69) is 28.2 Å². The molecule has 0 bridgehead atoms. The van der Waals surface area contributed by atoms with Crippen LogP contribution in [0.25, 0.3) is 0 Å². The van der Waals surface area contributed by atoms with Gasteiger partial charge >= 0.3 is 0 Å². The van der Waals surface area contributed by atoms with Crippen LogP contribution in [-0.2, 0) is 0 Å². The molecule has 2 rings (SSSR count). The van der Waals surface area contributed by atoms with Gasteiger partial charge < -0.3 is 10.1 Å². The minimum atomic E-state index is -0.0892. The van der Waals surface area contributed by atoms with Gasteiger partial charge in [-0.3, -0.25) is 0 Å². The second kappa shape index (κ2) is 7.50. The summed E-state index contributed by atoms with van der Waals surface area (Å²) in [5.41, 5.74) is 1.94. The number of hydrogen-bond acceptors (Lipinski definition) is 2. The van der Waals surface area contributed by atoms with Crippen molar-refractivity contribution in [2.24, 2.45) is 0 Å². The Balaban J connectivity index is 2.58. The van der Waals surface area contributed by atoms with Crippen LogP contribution >= 0.6 is 39.1 Å². The molecule has 0 spiro atoms. The second-order valence-electron chi connectivity index (χ2n) is 4.54. The Hall–Kier alpha value is -0.740. The van der Waals surface area contributed by atoms with Crippen LogP contribution in [0.15, 0.2) is 40.9 Å². The average Bonchev–Trinajstić information content (AvgIpc) is 2.47. The molecular weight excluding hydrogens is 373 g/mol. The van der Waals surface area contributed by atoms with Gasteiger partial charge in [-0.05, 0) is 48.5 Å². The highest BCUT2D eigenvalue weighted by atomic mass is 79.9. The minimum Gasteiger partial charge on any atom is -0.496 e. The van der Waals surface area contributed by atoms with Crippen LogP contribution in [0.2, 0.25) is 10.0 Å². The Morgan fingerprint density at radius 2 is 1.90 bits per heavy atom. The zero-order valence-electron chi connectivity index (χ0n) is 11.8. The van der Waals surface area contributed by atoms with Crippen molar-refractivity contribution in [1.29, 1.82) is 0 Å². The van der Waals surface area contributed by atoms with E-state index < -0.39 is 0 Å². The van der Waals surface area contributed by atoms with Gasteiger partial charge in [0.1, 0.15) is 5.75 Å². The van der Waals surface area contributed by atoms with E-state index in [9.17, 15) is 0 Å². The summed E-state index contributed by atoms with van der Waals surface area (Å²) in [6.07, 6.45) is 0. The zero-order chi connectivity index (χ0) is 15.4. The summed E-state index contributed by atoms with van der Waals surface area (Å²) < 4.78 is 6.44. The van der Waals surface area contributed by atoms with E-state index >= 15 is 0 Å². The predicted molar refractivity (Wildman–Crippen MR) is 92.7 cm³/mol. The Bertz CT molecular complexity index is 634. The average molecular weight is 389 g/mol. The third-order valence-corrected chi connectivity index (χ3v) is 4.25. The number of hydrogen-bond donors (Lipinski definition) is 1. The fourth-order valence-electron chi connectivity index (χ4n) is 2.26. The predicted octanol–water partition coefficient (Wildman–Crippen LogP) is 5.46. The molecule has 0 aliphatic carbocycles. The lowest BCUT2D eigenvalue weighted by Crippen LogP contribution is -2.23. The molecule has 5 heteroatoms. The van der Waals surface area contributed by atoms with Gasteiger partial charge in [0.2, 0.25) is 0 Å². The SMILES string of the molecule is CCNC(c1cc(Br)ccc1Cl)c1cc(Cl)ccc1OC. The summed E-state index contributed by atoms with van der Waals surface area (Å²) in [6, 6.07) is 11.3. The summed E-state index contributed by atoms with van der Waals surface area (Å²) in [6.45, 7) is 2.85. The van der Waals surface area contributed by atoms with Gasteiger partial charge in [0.15, 0.2) is 0 Å². The van der Waals surface area contributed by atoms with E-state index in [1.54, 1.807) is 7.11 Å². The van der Waals surface area contributed by atoms with E-state index in [0.717, 1.165) is 27.9 Å². The molecule has 0 aliphatic rings. The summed E-state index contributed by atoms with van der Waals surface area (Å²) in [4.78, 5) is 0. The molecule has 0 aromatic heterocycles. The number of nitrogens with one attached hydrogen (secondary N) is 1. The highest BCUT2D eigenvalue weighted by Crippen LogP contribution is 2.36. The first-order valence-corrected chi connectivity index (χ1v) is 8.13. The van der Waals surface area contributed by atoms with Crippen LogP contribution in [0.3, 0.4) is 0 Å². The van der Waals surface area contributed by atoms with Crippen molar-refractivity contribution in [2.75, 3.05) is 13.7 Å². The smallest absolute Gasteiger partial charge is 0.124 e. The van der Waals surface area contributed by atoms with Gasteiger partial charge in [0.05, 0.1) is 13.2 Å². The van der Waals surface area contributed by atoms with Crippen molar-refractivity contribution in [2.45, 2.75) is 13.0 Å². The largest absolute Gasteiger partial charge is 0.496 e. The van der Waals surface area contributed by atoms with Crippen molar-refractivity contribution in [3.63, 3.8) is 0 Å². The zero-order valence-corrected chi connectivity index (χ0v) is 14.9. The van der Waals surface area contributed by atoms with E-state index in [0.29, 0.717) is 10.0 Å². The number of halogens is 3. The fourth-order valence-corrected chi connectivity index (χ4v) is 3.04. The molecule has 1 N–H and O–H groups in total. The molecular formula is C16H16BrCl2NO. The normalized spacial score (nSPS) is 12.2. The van der Waals surface area contributed by atoms with Crippen LogP contribution in [-0.4, -0.2) is 13.7 Å². The van der Waals surface area contributed by atoms with E-state index in [4.69, 9.17) is 27.9 Å². The minimum absolute atomic E-state index is 0.0892. The Morgan fingerprint density at radius 1 is 1.14 bits per heavy atom.